The summed E-state index contributed by atoms with van der Waals surface area (Å²) in [6.07, 6.45) is -6.81. The van der Waals surface area contributed by atoms with Crippen LogP contribution < -0.4 is 16.0 Å². The van der Waals surface area contributed by atoms with Gasteiger partial charge in [-0.15, -0.1) is 0 Å². The lowest BCUT2D eigenvalue weighted by Crippen LogP contribution is -2.35. The molecule has 4 rings (SSSR count). The third-order valence-electron chi connectivity index (χ3n) is 6.96. The molecular weight excluding hydrogens is 617 g/mol. The highest BCUT2D eigenvalue weighted by Gasteiger charge is 2.37. The number of carbonyl (C=O) groups is 1. The standard InChI is InChI=1S/C30H28Cl2F6N4O/c1-17(10-20-16-40-27-5-3-2-4-24(20)27)39-9-8-19(18-6-7-25(31)26(32)11-18)15-41-28(43)42-23-13-21(29(33,34)35)12-22(14-23)30(36,37)38/h2-7,11-14,16-17,19,39-40H,8-10,15H2,1H3,(H2,41,42,43). The molecule has 2 amide bonds. The molecule has 0 radical (unpaired) electrons. The van der Waals surface area contributed by atoms with E-state index < -0.39 is 35.2 Å². The molecule has 0 aliphatic heterocycles. The molecule has 2 atom stereocenters. The van der Waals surface area contributed by atoms with Gasteiger partial charge in [0, 0.05) is 41.3 Å². The minimum absolute atomic E-state index is 0.00406. The van der Waals surface area contributed by atoms with E-state index in [9.17, 15) is 31.1 Å². The molecule has 4 aromatic rings. The number of para-hydroxylation sites is 1. The minimum Gasteiger partial charge on any atom is -0.361 e. The smallest absolute Gasteiger partial charge is 0.361 e. The number of aromatic nitrogens is 1. The number of carbonyl (C=O) groups excluding carboxylic acids is 1. The predicted octanol–water partition coefficient (Wildman–Crippen LogP) is 9.03. The van der Waals surface area contributed by atoms with Crippen LogP contribution in [-0.2, 0) is 18.8 Å². The Morgan fingerprint density at radius 2 is 1.58 bits per heavy atom. The fourth-order valence-electron chi connectivity index (χ4n) is 4.78. The van der Waals surface area contributed by atoms with Gasteiger partial charge in [0.05, 0.1) is 21.2 Å². The van der Waals surface area contributed by atoms with Crippen molar-refractivity contribution in [3.8, 4) is 0 Å². The maximum Gasteiger partial charge on any atom is 0.416 e. The Morgan fingerprint density at radius 3 is 2.23 bits per heavy atom. The lowest BCUT2D eigenvalue weighted by atomic mass is 9.95. The molecule has 0 bridgehead atoms. The Labute approximate surface area is 253 Å². The van der Waals surface area contributed by atoms with Crippen LogP contribution in [0.1, 0.15) is 41.5 Å². The second-order valence-electron chi connectivity index (χ2n) is 10.2. The van der Waals surface area contributed by atoms with Gasteiger partial charge in [0.15, 0.2) is 0 Å². The summed E-state index contributed by atoms with van der Waals surface area (Å²) in [6.45, 7) is 2.61. The van der Waals surface area contributed by atoms with Gasteiger partial charge in [-0.3, -0.25) is 0 Å². The first-order valence-electron chi connectivity index (χ1n) is 13.3. The van der Waals surface area contributed by atoms with Crippen LogP contribution in [0.15, 0.2) is 66.9 Å². The molecule has 0 saturated carbocycles. The molecule has 1 heterocycles. The van der Waals surface area contributed by atoms with Gasteiger partial charge >= 0.3 is 18.4 Å². The molecule has 2 unspecified atom stereocenters. The van der Waals surface area contributed by atoms with Crippen LogP contribution >= 0.6 is 23.2 Å². The maximum absolute atomic E-state index is 13.2. The van der Waals surface area contributed by atoms with E-state index in [2.05, 4.69) is 20.9 Å². The lowest BCUT2D eigenvalue weighted by Gasteiger charge is -2.21. The molecule has 0 aliphatic carbocycles. The number of rotatable bonds is 10. The Morgan fingerprint density at radius 1 is 0.907 bits per heavy atom. The number of halogens is 8. The topological polar surface area (TPSA) is 69.0 Å². The summed E-state index contributed by atoms with van der Waals surface area (Å²) in [5.74, 6) is -0.305. The van der Waals surface area contributed by atoms with Crippen LogP contribution in [0.4, 0.5) is 36.8 Å². The summed E-state index contributed by atoms with van der Waals surface area (Å²) in [5, 5.41) is 9.90. The van der Waals surface area contributed by atoms with Crippen LogP contribution in [0.5, 0.6) is 0 Å². The fraction of sp³-hybridized carbons (Fsp3) is 0.300. The van der Waals surface area contributed by atoms with Crippen molar-refractivity contribution in [1.82, 2.24) is 15.6 Å². The molecule has 5 nitrogen and oxygen atoms in total. The van der Waals surface area contributed by atoms with Crippen molar-refractivity contribution < 1.29 is 31.1 Å². The molecule has 3 aromatic carbocycles. The Kier molecular flexibility index (Phi) is 10.2. The minimum atomic E-state index is -5.04. The summed E-state index contributed by atoms with van der Waals surface area (Å²) in [4.78, 5) is 15.9. The summed E-state index contributed by atoms with van der Waals surface area (Å²) in [7, 11) is 0. The van der Waals surface area contributed by atoms with Gasteiger partial charge in [0.1, 0.15) is 0 Å². The average Bonchev–Trinajstić information content (AvgIpc) is 3.33. The van der Waals surface area contributed by atoms with Crippen LogP contribution in [0, 0.1) is 0 Å². The van der Waals surface area contributed by atoms with Crippen LogP contribution in [-0.4, -0.2) is 30.1 Å². The van der Waals surface area contributed by atoms with E-state index in [0.29, 0.717) is 35.1 Å². The van der Waals surface area contributed by atoms with Crippen molar-refractivity contribution in [3.63, 3.8) is 0 Å². The quantitative estimate of drug-likeness (QED) is 0.130. The molecule has 4 N–H and O–H groups in total. The number of fused-ring (bicyclic) bond motifs is 1. The number of hydrogen-bond acceptors (Lipinski definition) is 2. The van der Waals surface area contributed by atoms with Gasteiger partial charge < -0.3 is 20.9 Å². The van der Waals surface area contributed by atoms with Crippen LogP contribution in [0.2, 0.25) is 10.0 Å². The molecule has 13 heteroatoms. The third-order valence-corrected chi connectivity index (χ3v) is 7.70. The third kappa shape index (κ3) is 8.81. The molecule has 1 aromatic heterocycles. The van der Waals surface area contributed by atoms with E-state index in [1.807, 2.05) is 37.4 Å². The molecular formula is C30H28Cl2F6N4O. The second-order valence-corrected chi connectivity index (χ2v) is 11.0. The first-order chi connectivity index (χ1) is 20.2. The van der Waals surface area contributed by atoms with Gasteiger partial charge in [-0.2, -0.15) is 26.3 Å². The Hall–Kier alpha value is -3.41. The number of nitrogens with one attached hydrogen (secondary N) is 4. The number of alkyl halides is 6. The van der Waals surface area contributed by atoms with E-state index >= 15 is 0 Å². The van der Waals surface area contributed by atoms with Gasteiger partial charge in [-0.05, 0) is 73.8 Å². The van der Waals surface area contributed by atoms with E-state index in [4.69, 9.17) is 23.2 Å². The van der Waals surface area contributed by atoms with Gasteiger partial charge in [0.2, 0.25) is 0 Å². The number of aromatic amines is 1. The van der Waals surface area contributed by atoms with E-state index in [1.165, 1.54) is 5.56 Å². The van der Waals surface area contributed by atoms with Crippen molar-refractivity contribution in [3.05, 3.63) is 99.2 Å². The first kappa shape index (κ1) is 32.5. The number of hydrogen-bond donors (Lipinski definition) is 4. The number of urea groups is 1. The number of benzene rings is 3. The highest BCUT2D eigenvalue weighted by atomic mass is 35.5. The van der Waals surface area contributed by atoms with Crippen LogP contribution in [0.3, 0.4) is 0 Å². The number of amides is 2. The van der Waals surface area contributed by atoms with E-state index in [1.54, 1.807) is 18.2 Å². The van der Waals surface area contributed by atoms with E-state index in [-0.39, 0.29) is 24.6 Å². The van der Waals surface area contributed by atoms with Crippen molar-refractivity contribution in [2.75, 3.05) is 18.4 Å². The second kappa shape index (κ2) is 13.5. The zero-order valence-electron chi connectivity index (χ0n) is 22.8. The van der Waals surface area contributed by atoms with Crippen molar-refractivity contribution in [2.45, 2.75) is 44.1 Å². The summed E-state index contributed by atoms with van der Waals surface area (Å²) >= 11 is 12.3. The molecule has 0 fully saturated rings. The zero-order valence-corrected chi connectivity index (χ0v) is 24.3. The monoisotopic (exact) mass is 644 g/mol. The Balaban J connectivity index is 1.41. The molecule has 0 saturated heterocycles. The van der Waals surface area contributed by atoms with Crippen molar-refractivity contribution in [2.24, 2.45) is 0 Å². The fourth-order valence-corrected chi connectivity index (χ4v) is 5.08. The molecule has 0 aliphatic rings. The average molecular weight is 645 g/mol. The van der Waals surface area contributed by atoms with Gasteiger partial charge in [-0.1, -0.05) is 47.5 Å². The largest absolute Gasteiger partial charge is 0.416 e. The summed E-state index contributed by atoms with van der Waals surface area (Å²) in [6, 6.07) is 13.0. The molecule has 0 spiro atoms. The molecule has 230 valence electrons. The Bertz CT molecular complexity index is 1540. The van der Waals surface area contributed by atoms with Crippen LogP contribution in [0.25, 0.3) is 10.9 Å². The number of anilines is 1. The predicted molar refractivity (Wildman–Crippen MR) is 157 cm³/mol. The highest BCUT2D eigenvalue weighted by Crippen LogP contribution is 2.37. The lowest BCUT2D eigenvalue weighted by molar-refractivity contribution is -0.143. The van der Waals surface area contributed by atoms with Gasteiger partial charge in [-0.25, -0.2) is 4.79 Å². The van der Waals surface area contributed by atoms with E-state index in [0.717, 1.165) is 22.9 Å². The maximum atomic E-state index is 13.2. The zero-order chi connectivity index (χ0) is 31.4. The SMILES string of the molecule is CC(Cc1c[nH]c2ccccc12)NCCC(CNC(=O)Nc1cc(C(F)(F)F)cc(C(F)(F)F)c1)c1ccc(Cl)c(Cl)c1. The first-order valence-corrected chi connectivity index (χ1v) is 14.0. The normalized spacial score (nSPS) is 13.6. The summed E-state index contributed by atoms with van der Waals surface area (Å²) < 4.78 is 79.2. The number of H-pyrrole nitrogens is 1. The van der Waals surface area contributed by atoms with Gasteiger partial charge in [0.25, 0.3) is 0 Å². The highest BCUT2D eigenvalue weighted by molar-refractivity contribution is 6.42. The molecule has 43 heavy (non-hydrogen) atoms. The van der Waals surface area contributed by atoms with Crippen molar-refractivity contribution >= 4 is 45.8 Å². The summed E-state index contributed by atoms with van der Waals surface area (Å²) in [5.41, 5.74) is -0.734. The van der Waals surface area contributed by atoms with Crippen molar-refractivity contribution in [1.29, 1.82) is 0 Å².